The number of hydrogen-bond acceptors (Lipinski definition) is 5. The van der Waals surface area contributed by atoms with Crippen molar-refractivity contribution in [2.24, 2.45) is 5.92 Å². The summed E-state index contributed by atoms with van der Waals surface area (Å²) in [7, 11) is 1.55. The number of Topliss-reactive ketones (excluding diaryl/α,β-unsaturated/α-hetero) is 1. The summed E-state index contributed by atoms with van der Waals surface area (Å²) >= 11 is 12.1. The minimum atomic E-state index is -0.511. The van der Waals surface area contributed by atoms with Crippen LogP contribution in [0.2, 0.25) is 10.0 Å². The Morgan fingerprint density at radius 2 is 1.58 bits per heavy atom. The molecule has 0 saturated carbocycles. The zero-order valence-corrected chi connectivity index (χ0v) is 20.0. The molecule has 172 valence electrons. The maximum absolute atomic E-state index is 13.5. The molecule has 0 fully saturated rings. The number of rotatable bonds is 6. The van der Waals surface area contributed by atoms with E-state index in [0.29, 0.717) is 34.3 Å². The van der Waals surface area contributed by atoms with Gasteiger partial charge in [0.2, 0.25) is 0 Å². The Kier molecular flexibility index (Phi) is 7.23. The monoisotopic (exact) mass is 485 g/mol. The van der Waals surface area contributed by atoms with Crippen LogP contribution in [0.3, 0.4) is 0 Å². The van der Waals surface area contributed by atoms with E-state index in [0.717, 1.165) is 16.8 Å². The van der Waals surface area contributed by atoms with Crippen molar-refractivity contribution < 1.29 is 19.1 Å². The Morgan fingerprint density at radius 3 is 2.18 bits per heavy atom. The number of ketones is 1. The summed E-state index contributed by atoms with van der Waals surface area (Å²) < 4.78 is 10.5. The molecule has 1 aliphatic heterocycles. The first-order valence-electron chi connectivity index (χ1n) is 10.8. The molecular weight excluding hydrogens is 461 g/mol. The molecule has 1 heterocycles. The Balaban J connectivity index is 1.76. The Bertz CT molecular complexity index is 1110. The van der Waals surface area contributed by atoms with Gasteiger partial charge in [-0.05, 0) is 42.3 Å². The summed E-state index contributed by atoms with van der Waals surface area (Å²) in [6, 6.07) is 14.8. The summed E-state index contributed by atoms with van der Waals surface area (Å²) in [6.45, 7) is 2.27. The molecule has 33 heavy (non-hydrogen) atoms. The van der Waals surface area contributed by atoms with Gasteiger partial charge < -0.3 is 14.8 Å². The Morgan fingerprint density at radius 1 is 0.970 bits per heavy atom. The van der Waals surface area contributed by atoms with Crippen molar-refractivity contribution >= 4 is 35.0 Å². The molecule has 0 aromatic heterocycles. The number of allylic oxidation sites excluding steroid dienone is 3. The SMILES string of the molecule is COCCOC(=O)C1=C(C)NC2=CC(c3ccc(Cl)cc3)CC(=O)C2C1c1ccc(Cl)cc1. The summed E-state index contributed by atoms with van der Waals surface area (Å²) in [6.07, 6.45) is 2.43. The molecule has 4 rings (SSSR count). The van der Waals surface area contributed by atoms with Crippen LogP contribution in [0.15, 0.2) is 71.6 Å². The maximum atomic E-state index is 13.5. The van der Waals surface area contributed by atoms with Gasteiger partial charge in [0.15, 0.2) is 0 Å². The molecule has 7 heteroatoms. The maximum Gasteiger partial charge on any atom is 0.336 e. The van der Waals surface area contributed by atoms with E-state index in [2.05, 4.69) is 11.4 Å². The van der Waals surface area contributed by atoms with Gasteiger partial charge in [0, 0.05) is 46.8 Å². The van der Waals surface area contributed by atoms with Crippen LogP contribution in [0, 0.1) is 5.92 Å². The Labute approximate surface area is 203 Å². The van der Waals surface area contributed by atoms with Crippen LogP contribution in [-0.2, 0) is 19.1 Å². The van der Waals surface area contributed by atoms with Crippen molar-refractivity contribution in [3.05, 3.63) is 92.7 Å². The van der Waals surface area contributed by atoms with Crippen LogP contribution in [0.1, 0.15) is 36.3 Å². The number of benzene rings is 2. The van der Waals surface area contributed by atoms with E-state index in [1.54, 1.807) is 19.2 Å². The number of carbonyl (C=O) groups excluding carboxylic acids is 2. The fourth-order valence-corrected chi connectivity index (χ4v) is 4.85. The van der Waals surface area contributed by atoms with Crippen molar-refractivity contribution in [2.45, 2.75) is 25.2 Å². The van der Waals surface area contributed by atoms with E-state index >= 15 is 0 Å². The molecule has 0 bridgehead atoms. The van der Waals surface area contributed by atoms with Crippen molar-refractivity contribution in [3.63, 3.8) is 0 Å². The fraction of sp³-hybridized carbons (Fsp3) is 0.308. The van der Waals surface area contributed by atoms with Gasteiger partial charge in [-0.3, -0.25) is 4.79 Å². The lowest BCUT2D eigenvalue weighted by Crippen LogP contribution is -2.42. The summed E-state index contributed by atoms with van der Waals surface area (Å²) in [5, 5.41) is 4.57. The molecule has 5 nitrogen and oxygen atoms in total. The summed E-state index contributed by atoms with van der Waals surface area (Å²) in [5.74, 6) is -1.44. The average Bonchev–Trinajstić information content (AvgIpc) is 2.79. The van der Waals surface area contributed by atoms with Gasteiger partial charge in [0.1, 0.15) is 12.4 Å². The second-order valence-electron chi connectivity index (χ2n) is 8.25. The molecule has 2 aromatic carbocycles. The van der Waals surface area contributed by atoms with Crippen molar-refractivity contribution in [2.75, 3.05) is 20.3 Å². The first kappa shape index (κ1) is 23.6. The van der Waals surface area contributed by atoms with Gasteiger partial charge in [-0.1, -0.05) is 53.5 Å². The third kappa shape index (κ3) is 5.01. The lowest BCUT2D eigenvalue weighted by Gasteiger charge is -2.39. The van der Waals surface area contributed by atoms with Crippen LogP contribution in [0.25, 0.3) is 0 Å². The lowest BCUT2D eigenvalue weighted by atomic mass is 9.68. The molecule has 2 aromatic rings. The Hall–Kier alpha value is -2.60. The number of nitrogens with one attached hydrogen (secondary N) is 1. The molecule has 3 unspecified atom stereocenters. The third-order valence-corrected chi connectivity index (χ3v) is 6.64. The number of esters is 1. The second-order valence-corrected chi connectivity index (χ2v) is 9.12. The molecule has 1 N–H and O–H groups in total. The van der Waals surface area contributed by atoms with E-state index in [1.807, 2.05) is 43.3 Å². The van der Waals surface area contributed by atoms with E-state index in [1.165, 1.54) is 0 Å². The van der Waals surface area contributed by atoms with Crippen molar-refractivity contribution in [3.8, 4) is 0 Å². The van der Waals surface area contributed by atoms with Crippen LogP contribution < -0.4 is 5.32 Å². The van der Waals surface area contributed by atoms with Gasteiger partial charge in [-0.25, -0.2) is 4.79 Å². The predicted octanol–water partition coefficient (Wildman–Crippen LogP) is 5.40. The molecular formula is C26H25Cl2NO4. The van der Waals surface area contributed by atoms with Crippen molar-refractivity contribution in [1.82, 2.24) is 5.32 Å². The highest BCUT2D eigenvalue weighted by Gasteiger charge is 2.45. The normalized spacial score (nSPS) is 22.4. The molecule has 0 amide bonds. The molecule has 0 saturated heterocycles. The second kappa shape index (κ2) is 10.1. The van der Waals surface area contributed by atoms with Gasteiger partial charge in [0.25, 0.3) is 0 Å². The topological polar surface area (TPSA) is 64.6 Å². The van der Waals surface area contributed by atoms with Crippen LogP contribution in [-0.4, -0.2) is 32.1 Å². The highest BCUT2D eigenvalue weighted by atomic mass is 35.5. The zero-order chi connectivity index (χ0) is 23.5. The molecule has 1 aliphatic carbocycles. The van der Waals surface area contributed by atoms with E-state index in [9.17, 15) is 9.59 Å². The molecule has 0 spiro atoms. The minimum absolute atomic E-state index is 0.0644. The van der Waals surface area contributed by atoms with Crippen LogP contribution in [0.5, 0.6) is 0 Å². The smallest absolute Gasteiger partial charge is 0.336 e. The van der Waals surface area contributed by atoms with Crippen LogP contribution in [0.4, 0.5) is 0 Å². The predicted molar refractivity (Wildman–Crippen MR) is 128 cm³/mol. The van der Waals surface area contributed by atoms with Crippen LogP contribution >= 0.6 is 23.2 Å². The number of halogens is 2. The third-order valence-electron chi connectivity index (χ3n) is 6.13. The number of fused-ring (bicyclic) bond motifs is 1. The van der Waals surface area contributed by atoms with Crippen molar-refractivity contribution in [1.29, 1.82) is 0 Å². The van der Waals surface area contributed by atoms with Gasteiger partial charge >= 0.3 is 5.97 Å². The number of ether oxygens (including phenoxy) is 2. The zero-order valence-electron chi connectivity index (χ0n) is 18.4. The summed E-state index contributed by atoms with van der Waals surface area (Å²) in [4.78, 5) is 26.6. The molecule has 0 radical (unpaired) electrons. The van der Waals surface area contributed by atoms with E-state index in [-0.39, 0.29) is 18.3 Å². The number of carbonyl (C=O) groups is 2. The average molecular weight is 486 g/mol. The largest absolute Gasteiger partial charge is 0.460 e. The first-order chi connectivity index (χ1) is 15.9. The minimum Gasteiger partial charge on any atom is -0.460 e. The summed E-state index contributed by atoms with van der Waals surface area (Å²) in [5.41, 5.74) is 3.79. The van der Waals surface area contributed by atoms with E-state index < -0.39 is 17.8 Å². The molecule has 3 atom stereocenters. The number of methoxy groups -OCH3 is 1. The highest BCUT2D eigenvalue weighted by molar-refractivity contribution is 6.30. The lowest BCUT2D eigenvalue weighted by molar-refractivity contribution is -0.141. The van der Waals surface area contributed by atoms with Gasteiger partial charge in [-0.15, -0.1) is 0 Å². The first-order valence-corrected chi connectivity index (χ1v) is 11.5. The fourth-order valence-electron chi connectivity index (χ4n) is 4.59. The van der Waals surface area contributed by atoms with Gasteiger partial charge in [0.05, 0.1) is 18.1 Å². The van der Waals surface area contributed by atoms with E-state index in [4.69, 9.17) is 32.7 Å². The highest BCUT2D eigenvalue weighted by Crippen LogP contribution is 2.46. The molecule has 2 aliphatic rings. The number of hydrogen-bond donors (Lipinski definition) is 1. The van der Waals surface area contributed by atoms with Gasteiger partial charge in [-0.2, -0.15) is 0 Å². The standard InChI is InChI=1S/C26H25Cl2NO4/c1-15-23(26(31)33-12-11-32-2)24(17-5-9-20(28)10-6-17)25-21(29-15)13-18(14-22(25)30)16-3-7-19(27)8-4-16/h3-10,13,18,24-25,29H,11-12,14H2,1-2H3. The quantitative estimate of drug-likeness (QED) is 0.438.